The van der Waals surface area contributed by atoms with Gasteiger partial charge in [-0.05, 0) is 0 Å². The zero-order chi connectivity index (χ0) is 14.6. The van der Waals surface area contributed by atoms with Crippen LogP contribution in [0.15, 0.2) is 6.07 Å². The molecule has 0 amide bonds. The van der Waals surface area contributed by atoms with Gasteiger partial charge in [-0.3, -0.25) is 4.79 Å². The molecule has 1 heterocycles. The van der Waals surface area contributed by atoms with E-state index < -0.39 is 24.5 Å². The van der Waals surface area contributed by atoms with E-state index in [1.165, 1.54) is 0 Å². The smallest absolute Gasteiger partial charge is 0.481 e. The number of aromatic nitrogens is 1. The van der Waals surface area contributed by atoms with Crippen molar-refractivity contribution in [3.63, 3.8) is 0 Å². The lowest BCUT2D eigenvalue weighted by atomic mass is 10.1. The van der Waals surface area contributed by atoms with Crippen molar-refractivity contribution < 1.29 is 32.5 Å². The molecule has 0 spiro atoms. The molecule has 0 atom stereocenters. The van der Waals surface area contributed by atoms with Crippen LogP contribution in [0, 0.1) is 0 Å². The van der Waals surface area contributed by atoms with Crippen LogP contribution in [0.5, 0.6) is 11.6 Å². The van der Waals surface area contributed by atoms with Crippen molar-refractivity contribution in [1.29, 1.82) is 0 Å². The lowest BCUT2D eigenvalue weighted by Gasteiger charge is -2.15. The molecule has 0 saturated carbocycles. The highest BCUT2D eigenvalue weighted by Gasteiger charge is 2.33. The van der Waals surface area contributed by atoms with E-state index in [4.69, 9.17) is 21.4 Å². The second-order valence-corrected chi connectivity index (χ2v) is 3.62. The molecule has 0 aliphatic heterocycles. The SMILES string of the molecule is COc1nc(CCl)cc(OC(F)(F)F)c1CC(=O)O. The minimum absolute atomic E-state index is 0.0758. The Balaban J connectivity index is 3.32. The molecule has 1 aromatic heterocycles. The van der Waals surface area contributed by atoms with Crippen molar-refractivity contribution in [2.75, 3.05) is 7.11 Å². The number of methoxy groups -OCH3 is 1. The van der Waals surface area contributed by atoms with Gasteiger partial charge in [-0.15, -0.1) is 24.8 Å². The van der Waals surface area contributed by atoms with E-state index >= 15 is 0 Å². The average Bonchev–Trinajstić information content (AvgIpc) is 2.28. The number of rotatable bonds is 5. The lowest BCUT2D eigenvalue weighted by Crippen LogP contribution is -2.19. The molecule has 0 unspecified atom stereocenters. The zero-order valence-electron chi connectivity index (χ0n) is 9.62. The Bertz CT molecular complexity index is 479. The van der Waals surface area contributed by atoms with Crippen molar-refractivity contribution in [1.82, 2.24) is 4.98 Å². The Kier molecular flexibility index (Phi) is 4.82. The minimum atomic E-state index is -4.96. The van der Waals surface area contributed by atoms with Gasteiger partial charge in [0, 0.05) is 6.07 Å². The number of ether oxygens (including phenoxy) is 2. The maximum absolute atomic E-state index is 12.3. The largest absolute Gasteiger partial charge is 0.573 e. The van der Waals surface area contributed by atoms with Gasteiger partial charge >= 0.3 is 12.3 Å². The summed E-state index contributed by atoms with van der Waals surface area (Å²) in [4.78, 5) is 14.5. The Morgan fingerprint density at radius 3 is 2.58 bits per heavy atom. The van der Waals surface area contributed by atoms with Crippen LogP contribution >= 0.6 is 11.6 Å². The molecule has 1 aromatic rings. The number of aliphatic carboxylic acids is 1. The highest BCUT2D eigenvalue weighted by atomic mass is 35.5. The summed E-state index contributed by atoms with van der Waals surface area (Å²) in [6, 6.07) is 0.932. The number of hydrogen-bond donors (Lipinski definition) is 1. The van der Waals surface area contributed by atoms with Gasteiger partial charge in [-0.25, -0.2) is 4.98 Å². The van der Waals surface area contributed by atoms with Crippen molar-refractivity contribution in [2.45, 2.75) is 18.7 Å². The molecule has 0 bridgehead atoms. The first-order valence-electron chi connectivity index (χ1n) is 4.87. The molecular weight excluding hydrogens is 291 g/mol. The van der Waals surface area contributed by atoms with Crippen LogP contribution < -0.4 is 9.47 Å². The molecule has 0 fully saturated rings. The Hall–Kier alpha value is -1.70. The number of alkyl halides is 4. The van der Waals surface area contributed by atoms with Crippen molar-refractivity contribution in [3.05, 3.63) is 17.3 Å². The molecule has 5 nitrogen and oxygen atoms in total. The van der Waals surface area contributed by atoms with Crippen LogP contribution in [0.2, 0.25) is 0 Å². The minimum Gasteiger partial charge on any atom is -0.481 e. The van der Waals surface area contributed by atoms with Gasteiger partial charge in [0.1, 0.15) is 5.75 Å². The highest BCUT2D eigenvalue weighted by Crippen LogP contribution is 2.33. The number of hydrogen-bond acceptors (Lipinski definition) is 4. The van der Waals surface area contributed by atoms with Gasteiger partial charge in [-0.2, -0.15) is 0 Å². The van der Waals surface area contributed by atoms with Crippen molar-refractivity contribution in [3.8, 4) is 11.6 Å². The summed E-state index contributed by atoms with van der Waals surface area (Å²) in [5, 5.41) is 8.69. The van der Waals surface area contributed by atoms with Gasteiger partial charge in [0.05, 0.1) is 30.7 Å². The van der Waals surface area contributed by atoms with Crippen LogP contribution in [0.4, 0.5) is 13.2 Å². The maximum Gasteiger partial charge on any atom is 0.573 e. The maximum atomic E-state index is 12.3. The zero-order valence-corrected chi connectivity index (χ0v) is 10.4. The summed E-state index contributed by atoms with van der Waals surface area (Å²) >= 11 is 5.49. The number of halogens is 4. The summed E-state index contributed by atoms with van der Waals surface area (Å²) < 4.78 is 45.3. The molecule has 19 heavy (non-hydrogen) atoms. The van der Waals surface area contributed by atoms with E-state index in [2.05, 4.69) is 9.72 Å². The average molecular weight is 300 g/mol. The molecule has 0 aliphatic carbocycles. The second-order valence-electron chi connectivity index (χ2n) is 3.35. The van der Waals surface area contributed by atoms with E-state index in [9.17, 15) is 18.0 Å². The third kappa shape index (κ3) is 4.47. The topological polar surface area (TPSA) is 68.7 Å². The van der Waals surface area contributed by atoms with Gasteiger partial charge in [0.25, 0.3) is 0 Å². The standard InChI is InChI=1S/C10H9ClF3NO4/c1-18-9-6(3-8(16)17)7(19-10(12,13)14)2-5(4-11)15-9/h2H,3-4H2,1H3,(H,16,17). The molecule has 106 valence electrons. The summed E-state index contributed by atoms with van der Waals surface area (Å²) in [5.41, 5.74) is -0.229. The predicted octanol–water partition coefficient (Wildman–Crippen LogP) is 2.35. The van der Waals surface area contributed by atoms with Gasteiger partial charge < -0.3 is 14.6 Å². The van der Waals surface area contributed by atoms with E-state index in [1.807, 2.05) is 0 Å². The second kappa shape index (κ2) is 5.96. The van der Waals surface area contributed by atoms with Gasteiger partial charge in [-0.1, -0.05) is 0 Å². The summed E-state index contributed by atoms with van der Waals surface area (Å²) in [7, 11) is 1.16. The first-order chi connectivity index (χ1) is 8.76. The Morgan fingerprint density at radius 1 is 1.53 bits per heavy atom. The van der Waals surface area contributed by atoms with E-state index in [-0.39, 0.29) is 23.0 Å². The van der Waals surface area contributed by atoms with Crippen LogP contribution in [0.25, 0.3) is 0 Å². The van der Waals surface area contributed by atoms with Gasteiger partial charge in [0.15, 0.2) is 0 Å². The monoisotopic (exact) mass is 299 g/mol. The molecule has 9 heteroatoms. The fourth-order valence-electron chi connectivity index (χ4n) is 1.34. The Morgan fingerprint density at radius 2 is 2.16 bits per heavy atom. The van der Waals surface area contributed by atoms with Crippen LogP contribution in [-0.2, 0) is 17.1 Å². The highest BCUT2D eigenvalue weighted by molar-refractivity contribution is 6.16. The van der Waals surface area contributed by atoms with Crippen LogP contribution in [-0.4, -0.2) is 29.5 Å². The summed E-state index contributed by atoms with van der Waals surface area (Å²) in [6.45, 7) is 0. The summed E-state index contributed by atoms with van der Waals surface area (Å²) in [5.74, 6) is -2.46. The van der Waals surface area contributed by atoms with E-state index in [0.717, 1.165) is 13.2 Å². The molecule has 0 radical (unpaired) electrons. The lowest BCUT2D eigenvalue weighted by molar-refractivity contribution is -0.275. The van der Waals surface area contributed by atoms with Crippen LogP contribution in [0.1, 0.15) is 11.3 Å². The molecule has 0 saturated heterocycles. The fraction of sp³-hybridized carbons (Fsp3) is 0.400. The number of carbonyl (C=O) groups is 1. The van der Waals surface area contributed by atoms with Crippen molar-refractivity contribution in [2.24, 2.45) is 0 Å². The third-order valence-electron chi connectivity index (χ3n) is 1.98. The predicted molar refractivity (Wildman–Crippen MR) is 58.4 cm³/mol. The van der Waals surface area contributed by atoms with E-state index in [0.29, 0.717) is 0 Å². The molecular formula is C10H9ClF3NO4. The summed E-state index contributed by atoms with van der Waals surface area (Å²) in [6.07, 6.45) is -5.67. The first-order valence-corrected chi connectivity index (χ1v) is 5.40. The fourth-order valence-corrected chi connectivity index (χ4v) is 1.48. The molecule has 0 aliphatic rings. The normalized spacial score (nSPS) is 11.2. The van der Waals surface area contributed by atoms with Crippen molar-refractivity contribution >= 4 is 17.6 Å². The number of pyridine rings is 1. The van der Waals surface area contributed by atoms with Gasteiger partial charge in [0.2, 0.25) is 5.88 Å². The molecule has 0 aromatic carbocycles. The first kappa shape index (κ1) is 15.4. The number of carboxylic acid groups (broad SMARTS) is 1. The number of nitrogens with zero attached hydrogens (tertiary/aromatic N) is 1. The Labute approximate surface area is 110 Å². The quantitative estimate of drug-likeness (QED) is 0.845. The van der Waals surface area contributed by atoms with Crippen LogP contribution in [0.3, 0.4) is 0 Å². The van der Waals surface area contributed by atoms with E-state index in [1.54, 1.807) is 0 Å². The number of carboxylic acids is 1. The molecule has 1 rings (SSSR count). The third-order valence-corrected chi connectivity index (χ3v) is 2.26. The molecule has 1 N–H and O–H groups in total.